The van der Waals surface area contributed by atoms with Gasteiger partial charge in [0.15, 0.2) is 0 Å². The molecule has 0 N–H and O–H groups in total. The van der Waals surface area contributed by atoms with Gasteiger partial charge in [0.2, 0.25) is 0 Å². The molecule has 1 rings (SSSR count). The van der Waals surface area contributed by atoms with Crippen molar-refractivity contribution in [2.24, 2.45) is 0 Å². The van der Waals surface area contributed by atoms with Crippen LogP contribution in [0.1, 0.15) is 31.0 Å². The summed E-state index contributed by atoms with van der Waals surface area (Å²) in [5.41, 5.74) is -0.761. The zero-order valence-corrected chi connectivity index (χ0v) is 8.49. The van der Waals surface area contributed by atoms with Crippen molar-refractivity contribution in [3.63, 3.8) is 0 Å². The van der Waals surface area contributed by atoms with Crippen molar-refractivity contribution in [1.29, 1.82) is 0 Å². The Balaban J connectivity index is 2.91. The molecule has 0 aliphatic carbocycles. The quantitative estimate of drug-likeness (QED) is 0.760. The standard InChI is InChI=1S/C8H11F2NOS/c1-8(2,12-3)7-11-5(4-13-7)6(9)10/h4,6H,1-3H3. The maximum absolute atomic E-state index is 12.2. The fraction of sp³-hybridized carbons (Fsp3) is 0.625. The van der Waals surface area contributed by atoms with Crippen LogP contribution in [0.15, 0.2) is 5.38 Å². The van der Waals surface area contributed by atoms with Gasteiger partial charge < -0.3 is 4.74 Å². The third-order valence-electron chi connectivity index (χ3n) is 1.77. The third-order valence-corrected chi connectivity index (χ3v) is 2.94. The van der Waals surface area contributed by atoms with Crippen molar-refractivity contribution in [3.8, 4) is 0 Å². The molecule has 0 amide bonds. The number of hydrogen-bond acceptors (Lipinski definition) is 3. The normalized spacial score (nSPS) is 12.5. The minimum Gasteiger partial charge on any atom is -0.372 e. The highest BCUT2D eigenvalue weighted by Gasteiger charge is 2.25. The molecule has 0 saturated heterocycles. The Morgan fingerprint density at radius 1 is 1.54 bits per heavy atom. The molecule has 0 saturated carbocycles. The predicted octanol–water partition coefficient (Wildman–Crippen LogP) is 2.96. The fourth-order valence-corrected chi connectivity index (χ4v) is 1.66. The maximum Gasteiger partial charge on any atom is 0.281 e. The predicted molar refractivity (Wildman–Crippen MR) is 47.1 cm³/mol. The van der Waals surface area contributed by atoms with Crippen LogP contribution in [0.2, 0.25) is 0 Å². The molecule has 0 spiro atoms. The summed E-state index contributed by atoms with van der Waals surface area (Å²) >= 11 is 1.19. The Bertz CT molecular complexity index is 285. The highest BCUT2D eigenvalue weighted by atomic mass is 32.1. The van der Waals surface area contributed by atoms with Gasteiger partial charge in [-0.1, -0.05) is 0 Å². The first-order valence-electron chi connectivity index (χ1n) is 3.76. The summed E-state index contributed by atoms with van der Waals surface area (Å²) in [6.45, 7) is 3.59. The summed E-state index contributed by atoms with van der Waals surface area (Å²) in [5.74, 6) is 0. The van der Waals surface area contributed by atoms with Crippen molar-refractivity contribution < 1.29 is 13.5 Å². The zero-order chi connectivity index (χ0) is 10.1. The number of alkyl halides is 2. The lowest BCUT2D eigenvalue weighted by atomic mass is 10.1. The molecule has 2 nitrogen and oxygen atoms in total. The first-order valence-corrected chi connectivity index (χ1v) is 4.64. The smallest absolute Gasteiger partial charge is 0.281 e. The number of hydrogen-bond donors (Lipinski definition) is 0. The lowest BCUT2D eigenvalue weighted by Crippen LogP contribution is -2.19. The van der Waals surface area contributed by atoms with Crippen LogP contribution in [0.25, 0.3) is 0 Å². The van der Waals surface area contributed by atoms with Gasteiger partial charge in [0.05, 0.1) is 0 Å². The molecule has 13 heavy (non-hydrogen) atoms. The molecule has 0 radical (unpaired) electrons. The largest absolute Gasteiger partial charge is 0.372 e. The van der Waals surface area contributed by atoms with Crippen LogP contribution in [0, 0.1) is 0 Å². The van der Waals surface area contributed by atoms with Gasteiger partial charge in [-0.3, -0.25) is 0 Å². The number of ether oxygens (including phenoxy) is 1. The van der Waals surface area contributed by atoms with Gasteiger partial charge in [-0.2, -0.15) is 0 Å². The third kappa shape index (κ3) is 2.22. The lowest BCUT2D eigenvalue weighted by molar-refractivity contribution is 0.0185. The average Bonchev–Trinajstić information content (AvgIpc) is 2.52. The van der Waals surface area contributed by atoms with Gasteiger partial charge in [0.25, 0.3) is 6.43 Å². The van der Waals surface area contributed by atoms with E-state index >= 15 is 0 Å². The summed E-state index contributed by atoms with van der Waals surface area (Å²) < 4.78 is 29.5. The van der Waals surface area contributed by atoms with Gasteiger partial charge in [0, 0.05) is 12.5 Å². The molecule has 1 aromatic heterocycles. The first kappa shape index (κ1) is 10.5. The molecule has 5 heteroatoms. The minimum atomic E-state index is -2.50. The zero-order valence-electron chi connectivity index (χ0n) is 7.67. The van der Waals surface area contributed by atoms with Crippen molar-refractivity contribution >= 4 is 11.3 Å². The Labute approximate surface area is 79.6 Å². The molecule has 0 fully saturated rings. The molecule has 0 aliphatic heterocycles. The number of nitrogens with zero attached hydrogens (tertiary/aromatic N) is 1. The summed E-state index contributed by atoms with van der Waals surface area (Å²) in [4.78, 5) is 3.80. The first-order chi connectivity index (χ1) is 5.97. The van der Waals surface area contributed by atoms with Gasteiger partial charge in [0.1, 0.15) is 16.3 Å². The van der Waals surface area contributed by atoms with Crippen molar-refractivity contribution in [3.05, 3.63) is 16.1 Å². The van der Waals surface area contributed by atoms with Crippen molar-refractivity contribution in [2.45, 2.75) is 25.9 Å². The van der Waals surface area contributed by atoms with Crippen LogP contribution in [-0.2, 0) is 10.3 Å². The SMILES string of the molecule is COC(C)(C)c1nc(C(F)F)cs1. The molecular weight excluding hydrogens is 196 g/mol. The molecule has 1 heterocycles. The van der Waals surface area contributed by atoms with E-state index in [0.29, 0.717) is 5.01 Å². The summed E-state index contributed by atoms with van der Waals surface area (Å²) in [5, 5.41) is 1.94. The van der Waals surface area contributed by atoms with Gasteiger partial charge in [-0.15, -0.1) is 11.3 Å². The Morgan fingerprint density at radius 3 is 2.54 bits per heavy atom. The summed E-state index contributed by atoms with van der Waals surface area (Å²) in [6, 6.07) is 0. The molecule has 0 aromatic carbocycles. The van der Waals surface area contributed by atoms with Crippen LogP contribution in [0.5, 0.6) is 0 Å². The Hall–Kier alpha value is -0.550. The van der Waals surface area contributed by atoms with Gasteiger partial charge in [-0.05, 0) is 13.8 Å². The number of halogens is 2. The summed E-state index contributed by atoms with van der Waals surface area (Å²) in [6.07, 6.45) is -2.50. The second kappa shape index (κ2) is 3.67. The van der Waals surface area contributed by atoms with Crippen LogP contribution < -0.4 is 0 Å². The monoisotopic (exact) mass is 207 g/mol. The second-order valence-electron chi connectivity index (χ2n) is 3.09. The van der Waals surface area contributed by atoms with Crippen LogP contribution in [-0.4, -0.2) is 12.1 Å². The van der Waals surface area contributed by atoms with E-state index < -0.39 is 12.0 Å². The fourth-order valence-electron chi connectivity index (χ4n) is 0.750. The molecule has 0 unspecified atom stereocenters. The average molecular weight is 207 g/mol. The lowest BCUT2D eigenvalue weighted by Gasteiger charge is -2.19. The number of aromatic nitrogens is 1. The second-order valence-corrected chi connectivity index (χ2v) is 3.95. The van der Waals surface area contributed by atoms with E-state index in [9.17, 15) is 8.78 Å². The highest BCUT2D eigenvalue weighted by Crippen LogP contribution is 2.29. The molecule has 0 atom stereocenters. The van der Waals surface area contributed by atoms with E-state index in [1.807, 2.05) is 0 Å². The molecule has 74 valence electrons. The molecule has 0 aliphatic rings. The van der Waals surface area contributed by atoms with Crippen molar-refractivity contribution in [1.82, 2.24) is 4.98 Å². The molecular formula is C8H11F2NOS. The summed E-state index contributed by atoms with van der Waals surface area (Å²) in [7, 11) is 1.53. The number of rotatable bonds is 3. The maximum atomic E-state index is 12.2. The number of methoxy groups -OCH3 is 1. The van der Waals surface area contributed by atoms with E-state index in [4.69, 9.17) is 4.74 Å². The molecule has 1 aromatic rings. The van der Waals surface area contributed by atoms with E-state index in [1.165, 1.54) is 23.8 Å². The topological polar surface area (TPSA) is 22.1 Å². The van der Waals surface area contributed by atoms with Crippen LogP contribution in [0.3, 0.4) is 0 Å². The van der Waals surface area contributed by atoms with E-state index in [-0.39, 0.29) is 5.69 Å². The Kier molecular flexibility index (Phi) is 2.98. The van der Waals surface area contributed by atoms with E-state index in [0.717, 1.165) is 0 Å². The van der Waals surface area contributed by atoms with Crippen LogP contribution >= 0.6 is 11.3 Å². The Morgan fingerprint density at radius 2 is 2.15 bits per heavy atom. The van der Waals surface area contributed by atoms with Gasteiger partial charge in [-0.25, -0.2) is 13.8 Å². The highest BCUT2D eigenvalue weighted by molar-refractivity contribution is 7.09. The van der Waals surface area contributed by atoms with Crippen LogP contribution in [0.4, 0.5) is 8.78 Å². The van der Waals surface area contributed by atoms with E-state index in [2.05, 4.69) is 4.98 Å². The van der Waals surface area contributed by atoms with Crippen molar-refractivity contribution in [2.75, 3.05) is 7.11 Å². The van der Waals surface area contributed by atoms with Gasteiger partial charge >= 0.3 is 0 Å². The number of thiazole rings is 1. The minimum absolute atomic E-state index is 0.176. The van der Waals surface area contributed by atoms with E-state index in [1.54, 1.807) is 13.8 Å². The molecule has 0 bridgehead atoms.